The maximum Gasteiger partial charge on any atom is 0.324 e. The number of rotatable bonds is 4. The molecule has 2 aromatic heterocycles. The fourth-order valence-electron chi connectivity index (χ4n) is 3.50. The number of amides is 2. The third-order valence-corrected chi connectivity index (χ3v) is 6.13. The molecular weight excluding hydrogens is 410 g/mol. The molecule has 3 heterocycles. The van der Waals surface area contributed by atoms with Gasteiger partial charge in [0.05, 0.1) is 21.8 Å². The molecule has 1 fully saturated rings. The van der Waals surface area contributed by atoms with Gasteiger partial charge in [-0.2, -0.15) is 0 Å². The van der Waals surface area contributed by atoms with Gasteiger partial charge in [0.2, 0.25) is 0 Å². The number of carbonyl (C=O) groups excluding carboxylic acids is 1. The number of aromatic nitrogens is 2. The zero-order valence-corrected chi connectivity index (χ0v) is 17.8. The minimum Gasteiger partial charge on any atom is -0.380 e. The number of carbonyl (C=O) groups is 1. The van der Waals surface area contributed by atoms with Crippen LogP contribution < -0.4 is 10.2 Å². The van der Waals surface area contributed by atoms with Gasteiger partial charge in [-0.1, -0.05) is 29.0 Å². The lowest BCUT2D eigenvalue weighted by atomic mass is 10.2. The van der Waals surface area contributed by atoms with Crippen LogP contribution in [0.5, 0.6) is 0 Å². The topological polar surface area (TPSA) is 70.6 Å². The van der Waals surface area contributed by atoms with Crippen molar-refractivity contribution in [2.45, 2.75) is 19.6 Å². The Morgan fingerprint density at radius 1 is 1.38 bits per heavy atom. The van der Waals surface area contributed by atoms with Crippen molar-refractivity contribution >= 4 is 50.1 Å². The molecule has 29 heavy (non-hydrogen) atoms. The first-order valence-electron chi connectivity index (χ1n) is 9.36. The van der Waals surface area contributed by atoms with Gasteiger partial charge in [-0.15, -0.1) is 0 Å². The first-order valence-corrected chi connectivity index (χ1v) is 10.6. The molecule has 1 aliphatic rings. The van der Waals surface area contributed by atoms with Crippen LogP contribution in [0.25, 0.3) is 10.2 Å². The van der Waals surface area contributed by atoms with E-state index in [2.05, 4.69) is 20.2 Å². The number of fused-ring (bicyclic) bond motifs is 1. The van der Waals surface area contributed by atoms with E-state index in [1.54, 1.807) is 13.3 Å². The third kappa shape index (κ3) is 4.29. The minimum atomic E-state index is -0.138. The van der Waals surface area contributed by atoms with Crippen LogP contribution in [0.3, 0.4) is 0 Å². The monoisotopic (exact) mass is 431 g/mol. The molecule has 9 heteroatoms. The summed E-state index contributed by atoms with van der Waals surface area (Å²) in [6, 6.07) is 9.51. The first kappa shape index (κ1) is 19.9. The summed E-state index contributed by atoms with van der Waals surface area (Å²) in [5.41, 5.74) is 1.95. The number of halogens is 1. The second-order valence-corrected chi connectivity index (χ2v) is 8.42. The number of thiazole rings is 1. The van der Waals surface area contributed by atoms with Crippen LogP contribution in [0.15, 0.2) is 36.5 Å². The van der Waals surface area contributed by atoms with Crippen molar-refractivity contribution in [3.05, 3.63) is 47.1 Å². The quantitative estimate of drug-likeness (QED) is 0.669. The lowest BCUT2D eigenvalue weighted by Gasteiger charge is -2.40. The summed E-state index contributed by atoms with van der Waals surface area (Å²) in [7, 11) is 1.67. The van der Waals surface area contributed by atoms with Gasteiger partial charge < -0.3 is 14.5 Å². The van der Waals surface area contributed by atoms with Crippen molar-refractivity contribution < 1.29 is 9.53 Å². The second-order valence-electron chi connectivity index (χ2n) is 6.98. The van der Waals surface area contributed by atoms with E-state index in [0.29, 0.717) is 36.4 Å². The number of nitrogens with one attached hydrogen (secondary N) is 1. The number of piperazine rings is 1. The summed E-state index contributed by atoms with van der Waals surface area (Å²) in [5.74, 6) is 0.763. The number of benzene rings is 1. The minimum absolute atomic E-state index is 0.0181. The third-order valence-electron chi connectivity index (χ3n) is 4.90. The summed E-state index contributed by atoms with van der Waals surface area (Å²) in [6.45, 7) is 4.51. The molecule has 0 unspecified atom stereocenters. The van der Waals surface area contributed by atoms with Crippen LogP contribution >= 0.6 is 22.9 Å². The average Bonchev–Trinajstić information content (AvgIpc) is 3.10. The number of methoxy groups -OCH3 is 1. The Kier molecular flexibility index (Phi) is 5.84. The number of ether oxygens (including phenoxy) is 1. The maximum absolute atomic E-state index is 12.8. The first-order chi connectivity index (χ1) is 14.0. The summed E-state index contributed by atoms with van der Waals surface area (Å²) in [4.78, 5) is 25.7. The molecule has 0 aliphatic carbocycles. The largest absolute Gasteiger partial charge is 0.380 e. The van der Waals surface area contributed by atoms with Crippen LogP contribution in [0.1, 0.15) is 12.5 Å². The van der Waals surface area contributed by atoms with Crippen LogP contribution in [-0.2, 0) is 11.3 Å². The van der Waals surface area contributed by atoms with Crippen molar-refractivity contribution in [3.8, 4) is 0 Å². The highest BCUT2D eigenvalue weighted by Gasteiger charge is 2.29. The molecule has 0 radical (unpaired) electrons. The average molecular weight is 432 g/mol. The highest BCUT2D eigenvalue weighted by Crippen LogP contribution is 2.28. The Bertz CT molecular complexity index is 1030. The second kappa shape index (κ2) is 8.52. The van der Waals surface area contributed by atoms with Gasteiger partial charge in [0.1, 0.15) is 5.82 Å². The van der Waals surface area contributed by atoms with Gasteiger partial charge in [0.15, 0.2) is 5.13 Å². The van der Waals surface area contributed by atoms with Crippen LogP contribution in [0.2, 0.25) is 5.02 Å². The molecule has 1 saturated heterocycles. The SMILES string of the molecule is COCc1ccc2nc(NC(=O)N3CCN(c4ncccc4Cl)C[C@H]3C)sc2c1. The van der Waals surface area contributed by atoms with Gasteiger partial charge in [-0.3, -0.25) is 5.32 Å². The number of nitrogens with zero attached hydrogens (tertiary/aromatic N) is 4. The van der Waals surface area contributed by atoms with Crippen LogP contribution in [0, 0.1) is 0 Å². The van der Waals surface area contributed by atoms with Crippen molar-refractivity contribution in [2.24, 2.45) is 0 Å². The molecule has 3 aromatic rings. The summed E-state index contributed by atoms with van der Waals surface area (Å²) < 4.78 is 6.20. The summed E-state index contributed by atoms with van der Waals surface area (Å²) in [6.07, 6.45) is 1.73. The fourth-order valence-corrected chi connectivity index (χ4v) is 4.66. The number of urea groups is 1. The van der Waals surface area contributed by atoms with E-state index in [-0.39, 0.29) is 12.1 Å². The smallest absolute Gasteiger partial charge is 0.324 e. The van der Waals surface area contributed by atoms with E-state index in [9.17, 15) is 4.79 Å². The van der Waals surface area contributed by atoms with E-state index in [1.807, 2.05) is 42.2 Å². The number of pyridine rings is 1. The Balaban J connectivity index is 1.42. The predicted molar refractivity (Wildman–Crippen MR) is 117 cm³/mol. The van der Waals surface area contributed by atoms with Crippen molar-refractivity contribution in [3.63, 3.8) is 0 Å². The molecule has 2 amide bonds. The van der Waals surface area contributed by atoms with Gasteiger partial charge >= 0.3 is 6.03 Å². The molecule has 0 saturated carbocycles. The fraction of sp³-hybridized carbons (Fsp3) is 0.350. The molecule has 7 nitrogen and oxygen atoms in total. The van der Waals surface area contributed by atoms with Gasteiger partial charge in [-0.25, -0.2) is 14.8 Å². The zero-order chi connectivity index (χ0) is 20.4. The number of anilines is 2. The van der Waals surface area contributed by atoms with Crippen LogP contribution in [-0.4, -0.2) is 53.7 Å². The van der Waals surface area contributed by atoms with Crippen molar-refractivity contribution in [1.29, 1.82) is 0 Å². The molecule has 4 rings (SSSR count). The highest BCUT2D eigenvalue weighted by atomic mass is 35.5. The van der Waals surface area contributed by atoms with E-state index >= 15 is 0 Å². The molecule has 0 spiro atoms. The standard InChI is InChI=1S/C20H22ClN5O2S/c1-13-11-25(18-15(21)4-3-7-22-18)8-9-26(13)20(27)24-19-23-16-6-5-14(12-28-2)10-17(16)29-19/h3-7,10,13H,8-9,11-12H2,1-2H3,(H,23,24,27)/t13-/m1/s1. The Morgan fingerprint density at radius 2 is 2.24 bits per heavy atom. The van der Waals surface area contributed by atoms with Gasteiger partial charge in [0.25, 0.3) is 0 Å². The zero-order valence-electron chi connectivity index (χ0n) is 16.3. The normalized spacial score (nSPS) is 17.0. The van der Waals surface area contributed by atoms with E-state index in [1.165, 1.54) is 11.3 Å². The lowest BCUT2D eigenvalue weighted by molar-refractivity contribution is 0.184. The highest BCUT2D eigenvalue weighted by molar-refractivity contribution is 7.22. The number of hydrogen-bond donors (Lipinski definition) is 1. The Labute approximate surface area is 178 Å². The van der Waals surface area contributed by atoms with Gasteiger partial charge in [0, 0.05) is 39.0 Å². The molecule has 1 atom stereocenters. The molecule has 1 aliphatic heterocycles. The molecule has 1 N–H and O–H groups in total. The predicted octanol–water partition coefficient (Wildman–Crippen LogP) is 4.23. The number of hydrogen-bond acceptors (Lipinski definition) is 6. The molecule has 1 aromatic carbocycles. The molecule has 0 bridgehead atoms. The van der Waals surface area contributed by atoms with E-state index in [0.717, 1.165) is 21.6 Å². The Hall–Kier alpha value is -2.42. The molecular formula is C20H22ClN5O2S. The van der Waals surface area contributed by atoms with E-state index in [4.69, 9.17) is 16.3 Å². The maximum atomic E-state index is 12.8. The van der Waals surface area contributed by atoms with Crippen molar-refractivity contribution in [1.82, 2.24) is 14.9 Å². The van der Waals surface area contributed by atoms with Crippen molar-refractivity contribution in [2.75, 3.05) is 37.0 Å². The van der Waals surface area contributed by atoms with E-state index < -0.39 is 0 Å². The van der Waals surface area contributed by atoms with Gasteiger partial charge in [-0.05, 0) is 36.8 Å². The van der Waals surface area contributed by atoms with Crippen LogP contribution in [0.4, 0.5) is 15.7 Å². The lowest BCUT2D eigenvalue weighted by Crippen LogP contribution is -2.55. The summed E-state index contributed by atoms with van der Waals surface area (Å²) >= 11 is 7.74. The molecule has 152 valence electrons. The Morgan fingerprint density at radius 3 is 3.00 bits per heavy atom. The summed E-state index contributed by atoms with van der Waals surface area (Å²) in [5, 5.41) is 4.18.